The van der Waals surface area contributed by atoms with Gasteiger partial charge in [0.15, 0.2) is 0 Å². The molecule has 0 saturated carbocycles. The Kier molecular flexibility index (Phi) is 3.82. The zero-order valence-corrected chi connectivity index (χ0v) is 11.7. The topological polar surface area (TPSA) is 35.8 Å². The molecule has 17 heavy (non-hydrogen) atoms. The van der Waals surface area contributed by atoms with E-state index in [1.54, 1.807) is 11.3 Å². The Labute approximate surface area is 113 Å². The summed E-state index contributed by atoms with van der Waals surface area (Å²) in [5.74, 6) is 0. The number of thiophene rings is 1. The predicted molar refractivity (Wildman–Crippen MR) is 75.2 cm³/mol. The summed E-state index contributed by atoms with van der Waals surface area (Å²) in [6, 6.07) is 7.67. The molecule has 1 N–H and O–H groups in total. The van der Waals surface area contributed by atoms with Crippen molar-refractivity contribution in [1.29, 1.82) is 5.26 Å². The van der Waals surface area contributed by atoms with E-state index >= 15 is 0 Å². The van der Waals surface area contributed by atoms with Crippen molar-refractivity contribution in [3.05, 3.63) is 50.1 Å². The third-order valence-electron chi connectivity index (χ3n) is 2.53. The number of hydrogen-bond acceptors (Lipinski definition) is 3. The van der Waals surface area contributed by atoms with Gasteiger partial charge in [-0.1, -0.05) is 0 Å². The second-order valence-corrected chi connectivity index (χ2v) is 5.34. The quantitative estimate of drug-likeness (QED) is 0.917. The summed E-state index contributed by atoms with van der Waals surface area (Å²) >= 11 is 5.18. The summed E-state index contributed by atoms with van der Waals surface area (Å²) in [5, 5.41) is 16.4. The first-order valence-electron chi connectivity index (χ1n) is 5.16. The summed E-state index contributed by atoms with van der Waals surface area (Å²) < 4.78 is 0.921. The predicted octanol–water partition coefficient (Wildman–Crippen LogP) is 4.30. The Morgan fingerprint density at radius 3 is 2.82 bits per heavy atom. The molecule has 0 aliphatic carbocycles. The molecule has 0 radical (unpaired) electrons. The van der Waals surface area contributed by atoms with Crippen LogP contribution in [0, 0.1) is 18.3 Å². The zero-order valence-electron chi connectivity index (χ0n) is 9.33. The maximum atomic E-state index is 8.78. The average molecular weight is 307 g/mol. The minimum atomic E-state index is 0.661. The molecule has 0 spiro atoms. The van der Waals surface area contributed by atoms with Gasteiger partial charge in [-0.2, -0.15) is 16.6 Å². The summed E-state index contributed by atoms with van der Waals surface area (Å²) in [5.41, 5.74) is 4.29. The number of nitriles is 1. The number of aryl methyl sites for hydroxylation is 1. The van der Waals surface area contributed by atoms with Crippen molar-refractivity contribution in [2.24, 2.45) is 0 Å². The van der Waals surface area contributed by atoms with Gasteiger partial charge < -0.3 is 5.32 Å². The van der Waals surface area contributed by atoms with Gasteiger partial charge in [-0.05, 0) is 62.9 Å². The molecular weight excluding hydrogens is 296 g/mol. The number of nitrogens with one attached hydrogen (secondary N) is 1. The first-order chi connectivity index (χ1) is 8.20. The van der Waals surface area contributed by atoms with Crippen LogP contribution in [0.25, 0.3) is 0 Å². The maximum Gasteiger partial charge on any atom is 0.0992 e. The molecular formula is C13H11BrN2S. The molecule has 0 bridgehead atoms. The highest BCUT2D eigenvalue weighted by Gasteiger charge is 2.03. The smallest absolute Gasteiger partial charge is 0.0992 e. The largest absolute Gasteiger partial charge is 0.380 e. The highest BCUT2D eigenvalue weighted by molar-refractivity contribution is 9.10. The number of benzene rings is 1. The van der Waals surface area contributed by atoms with Gasteiger partial charge in [0.1, 0.15) is 0 Å². The molecule has 1 aromatic carbocycles. The fraction of sp³-hybridized carbons (Fsp3) is 0.154. The fourth-order valence-electron chi connectivity index (χ4n) is 1.49. The Balaban J connectivity index is 2.10. The molecule has 0 aliphatic heterocycles. The highest BCUT2D eigenvalue weighted by Crippen LogP contribution is 2.24. The Bertz CT molecular complexity index is 569. The molecule has 0 saturated heterocycles. The van der Waals surface area contributed by atoms with Gasteiger partial charge in [0.05, 0.1) is 11.6 Å². The number of nitrogens with zero attached hydrogens (tertiary/aromatic N) is 1. The standard InChI is InChI=1S/C13H11BrN2S/c1-9-7-17-8-11(9)6-16-13-3-2-10(5-15)4-12(13)14/h2-4,7-8,16H,6H2,1H3. The molecule has 2 rings (SSSR count). The minimum absolute atomic E-state index is 0.661. The fourth-order valence-corrected chi connectivity index (χ4v) is 2.86. The van der Waals surface area contributed by atoms with Crippen LogP contribution in [0.4, 0.5) is 5.69 Å². The van der Waals surface area contributed by atoms with E-state index in [1.165, 1.54) is 11.1 Å². The van der Waals surface area contributed by atoms with Crippen LogP contribution in [-0.4, -0.2) is 0 Å². The van der Waals surface area contributed by atoms with E-state index in [0.717, 1.165) is 16.7 Å². The van der Waals surface area contributed by atoms with Gasteiger partial charge in [0.25, 0.3) is 0 Å². The molecule has 4 heteroatoms. The molecule has 0 unspecified atom stereocenters. The van der Waals surface area contributed by atoms with Crippen LogP contribution in [0.15, 0.2) is 33.4 Å². The van der Waals surface area contributed by atoms with E-state index in [1.807, 2.05) is 18.2 Å². The summed E-state index contributed by atoms with van der Waals surface area (Å²) in [6.07, 6.45) is 0. The molecule has 1 heterocycles. The van der Waals surface area contributed by atoms with Crippen molar-refractivity contribution in [2.75, 3.05) is 5.32 Å². The first kappa shape index (κ1) is 12.2. The lowest BCUT2D eigenvalue weighted by atomic mass is 10.2. The third-order valence-corrected chi connectivity index (χ3v) is 4.10. The minimum Gasteiger partial charge on any atom is -0.380 e. The molecule has 0 fully saturated rings. The van der Waals surface area contributed by atoms with Gasteiger partial charge in [-0.25, -0.2) is 0 Å². The van der Waals surface area contributed by atoms with Crippen LogP contribution in [0.5, 0.6) is 0 Å². The molecule has 0 aliphatic rings. The van der Waals surface area contributed by atoms with E-state index in [-0.39, 0.29) is 0 Å². The van der Waals surface area contributed by atoms with E-state index in [0.29, 0.717) is 5.56 Å². The van der Waals surface area contributed by atoms with E-state index in [2.05, 4.69) is 45.0 Å². The Morgan fingerprint density at radius 1 is 1.41 bits per heavy atom. The molecule has 2 aromatic rings. The second kappa shape index (κ2) is 5.35. The van der Waals surface area contributed by atoms with Crippen LogP contribution in [0.2, 0.25) is 0 Å². The van der Waals surface area contributed by atoms with Crippen molar-refractivity contribution in [1.82, 2.24) is 0 Å². The summed E-state index contributed by atoms with van der Waals surface area (Å²) in [6.45, 7) is 2.92. The molecule has 86 valence electrons. The van der Waals surface area contributed by atoms with Crippen molar-refractivity contribution in [2.45, 2.75) is 13.5 Å². The summed E-state index contributed by atoms with van der Waals surface area (Å²) in [4.78, 5) is 0. The van der Waals surface area contributed by atoms with Crippen molar-refractivity contribution < 1.29 is 0 Å². The second-order valence-electron chi connectivity index (χ2n) is 3.74. The molecule has 0 atom stereocenters. The highest BCUT2D eigenvalue weighted by atomic mass is 79.9. The number of hydrogen-bond donors (Lipinski definition) is 1. The lowest BCUT2D eigenvalue weighted by Gasteiger charge is -2.08. The Hall–Kier alpha value is -1.31. The maximum absolute atomic E-state index is 8.78. The van der Waals surface area contributed by atoms with Crippen LogP contribution in [0.3, 0.4) is 0 Å². The van der Waals surface area contributed by atoms with Gasteiger partial charge in [-0.3, -0.25) is 0 Å². The van der Waals surface area contributed by atoms with Crippen LogP contribution in [-0.2, 0) is 6.54 Å². The van der Waals surface area contributed by atoms with Gasteiger partial charge >= 0.3 is 0 Å². The molecule has 2 nitrogen and oxygen atoms in total. The summed E-state index contributed by atoms with van der Waals surface area (Å²) in [7, 11) is 0. The van der Waals surface area contributed by atoms with Gasteiger partial charge in [0.2, 0.25) is 0 Å². The third kappa shape index (κ3) is 2.87. The number of anilines is 1. The van der Waals surface area contributed by atoms with Crippen molar-refractivity contribution in [3.8, 4) is 6.07 Å². The van der Waals surface area contributed by atoms with E-state index in [9.17, 15) is 0 Å². The zero-order chi connectivity index (χ0) is 12.3. The van der Waals surface area contributed by atoms with Crippen molar-refractivity contribution in [3.63, 3.8) is 0 Å². The lowest BCUT2D eigenvalue weighted by molar-refractivity contribution is 1.13. The van der Waals surface area contributed by atoms with Gasteiger partial charge in [0, 0.05) is 16.7 Å². The number of rotatable bonds is 3. The monoisotopic (exact) mass is 306 g/mol. The molecule has 0 amide bonds. The normalized spacial score (nSPS) is 9.94. The average Bonchev–Trinajstić information content (AvgIpc) is 2.73. The molecule has 1 aromatic heterocycles. The van der Waals surface area contributed by atoms with Crippen LogP contribution >= 0.6 is 27.3 Å². The van der Waals surface area contributed by atoms with Crippen molar-refractivity contribution >= 4 is 33.0 Å². The van der Waals surface area contributed by atoms with Crippen LogP contribution < -0.4 is 5.32 Å². The van der Waals surface area contributed by atoms with Gasteiger partial charge in [-0.15, -0.1) is 0 Å². The van der Waals surface area contributed by atoms with Crippen LogP contribution in [0.1, 0.15) is 16.7 Å². The van der Waals surface area contributed by atoms with E-state index < -0.39 is 0 Å². The first-order valence-corrected chi connectivity index (χ1v) is 6.89. The number of halogens is 1. The lowest BCUT2D eigenvalue weighted by Crippen LogP contribution is -2.00. The Morgan fingerprint density at radius 2 is 2.24 bits per heavy atom. The SMILES string of the molecule is Cc1cscc1CNc1ccc(C#N)cc1Br. The van der Waals surface area contributed by atoms with E-state index in [4.69, 9.17) is 5.26 Å².